The summed E-state index contributed by atoms with van der Waals surface area (Å²) >= 11 is 0. The second-order valence-corrected chi connectivity index (χ2v) is 5.55. The van der Waals surface area contributed by atoms with Crippen LogP contribution < -0.4 is 0 Å². The smallest absolute Gasteiger partial charge is 0.358 e. The molecule has 0 aliphatic heterocycles. The minimum atomic E-state index is -1.10. The number of carboxylic acid groups (broad SMARTS) is 1. The summed E-state index contributed by atoms with van der Waals surface area (Å²) in [6.45, 7) is 0. The van der Waals surface area contributed by atoms with E-state index in [1.807, 2.05) is 12.1 Å². The quantitative estimate of drug-likeness (QED) is 0.804. The lowest BCUT2D eigenvalue weighted by Gasteiger charge is -2.09. The van der Waals surface area contributed by atoms with Crippen LogP contribution in [-0.4, -0.2) is 31.1 Å². The van der Waals surface area contributed by atoms with Gasteiger partial charge in [-0.25, -0.2) is 9.48 Å². The Kier molecular flexibility index (Phi) is 3.15. The summed E-state index contributed by atoms with van der Waals surface area (Å²) in [5.74, 6) is -1.10. The van der Waals surface area contributed by atoms with Crippen molar-refractivity contribution in [3.63, 3.8) is 0 Å². The van der Waals surface area contributed by atoms with Crippen LogP contribution in [-0.2, 0) is 12.8 Å². The first-order chi connectivity index (χ1) is 11.2. The number of nitrogens with zero attached hydrogens (tertiary/aromatic N) is 4. The molecule has 0 amide bonds. The fourth-order valence-electron chi connectivity index (χ4n) is 3.06. The summed E-state index contributed by atoms with van der Waals surface area (Å²) in [5, 5.41) is 17.3. The van der Waals surface area contributed by atoms with Gasteiger partial charge in [0.25, 0.3) is 0 Å². The molecule has 0 saturated heterocycles. The van der Waals surface area contributed by atoms with E-state index in [2.05, 4.69) is 27.4 Å². The van der Waals surface area contributed by atoms with E-state index in [1.165, 1.54) is 11.1 Å². The van der Waals surface area contributed by atoms with Crippen molar-refractivity contribution in [2.45, 2.75) is 19.3 Å². The highest BCUT2D eigenvalue weighted by Gasteiger charge is 2.22. The third kappa shape index (κ3) is 2.28. The molecule has 3 aromatic rings. The maximum atomic E-state index is 11.5. The highest BCUT2D eigenvalue weighted by Crippen LogP contribution is 2.28. The monoisotopic (exact) mass is 306 g/mol. The van der Waals surface area contributed by atoms with Crippen molar-refractivity contribution in [3.05, 3.63) is 59.5 Å². The van der Waals surface area contributed by atoms with Crippen LogP contribution in [0.15, 0.2) is 42.7 Å². The Labute approximate surface area is 132 Å². The fourth-order valence-corrected chi connectivity index (χ4v) is 3.06. The van der Waals surface area contributed by atoms with E-state index in [9.17, 15) is 9.90 Å². The standard InChI is InChI=1S/C17H14N4O2/c22-17(23)15-16(13-5-2-8-18-10-13)21(20-19-15)14-7-6-11-3-1-4-12(11)9-14/h2,5-10H,1,3-4H2,(H,22,23). The highest BCUT2D eigenvalue weighted by atomic mass is 16.4. The molecular formula is C17H14N4O2. The zero-order chi connectivity index (χ0) is 15.8. The first-order valence-corrected chi connectivity index (χ1v) is 7.45. The Bertz CT molecular complexity index is 887. The number of benzene rings is 1. The van der Waals surface area contributed by atoms with Gasteiger partial charge in [0.15, 0.2) is 5.69 Å². The van der Waals surface area contributed by atoms with Crippen molar-refractivity contribution < 1.29 is 9.90 Å². The average molecular weight is 306 g/mol. The molecule has 23 heavy (non-hydrogen) atoms. The lowest BCUT2D eigenvalue weighted by molar-refractivity contribution is 0.0691. The van der Waals surface area contributed by atoms with Gasteiger partial charge >= 0.3 is 5.97 Å². The van der Waals surface area contributed by atoms with Gasteiger partial charge in [-0.2, -0.15) is 0 Å². The van der Waals surface area contributed by atoms with Crippen LogP contribution in [0.3, 0.4) is 0 Å². The van der Waals surface area contributed by atoms with Crippen LogP contribution in [0.1, 0.15) is 28.0 Å². The second kappa shape index (κ2) is 5.31. The molecule has 4 rings (SSSR count). The van der Waals surface area contributed by atoms with Gasteiger partial charge < -0.3 is 5.11 Å². The van der Waals surface area contributed by atoms with Gasteiger partial charge in [-0.05, 0) is 54.7 Å². The average Bonchev–Trinajstić information content (AvgIpc) is 3.21. The van der Waals surface area contributed by atoms with E-state index < -0.39 is 5.97 Å². The molecule has 0 fully saturated rings. The van der Waals surface area contributed by atoms with E-state index in [0.29, 0.717) is 11.3 Å². The van der Waals surface area contributed by atoms with Crippen LogP contribution in [0, 0.1) is 0 Å². The maximum Gasteiger partial charge on any atom is 0.358 e. The van der Waals surface area contributed by atoms with Crippen molar-refractivity contribution in [2.75, 3.05) is 0 Å². The molecular weight excluding hydrogens is 292 g/mol. The number of aromatic carboxylic acids is 1. The number of fused-ring (bicyclic) bond motifs is 1. The summed E-state index contributed by atoms with van der Waals surface area (Å²) in [4.78, 5) is 15.6. The van der Waals surface area contributed by atoms with Crippen molar-refractivity contribution in [2.24, 2.45) is 0 Å². The number of carboxylic acids is 1. The minimum absolute atomic E-state index is 0.0708. The normalized spacial score (nSPS) is 13.0. The Balaban J connectivity index is 1.91. The zero-order valence-electron chi connectivity index (χ0n) is 12.3. The van der Waals surface area contributed by atoms with Gasteiger partial charge in [-0.3, -0.25) is 4.98 Å². The Morgan fingerprint density at radius 3 is 2.83 bits per heavy atom. The summed E-state index contributed by atoms with van der Waals surface area (Å²) < 4.78 is 1.58. The molecule has 1 aromatic carbocycles. The maximum absolute atomic E-state index is 11.5. The first-order valence-electron chi connectivity index (χ1n) is 7.45. The van der Waals surface area contributed by atoms with Crippen molar-refractivity contribution >= 4 is 5.97 Å². The number of carbonyl (C=O) groups is 1. The molecule has 0 atom stereocenters. The molecule has 0 unspecified atom stereocenters. The molecule has 2 heterocycles. The molecule has 6 nitrogen and oxygen atoms in total. The predicted octanol–water partition coefficient (Wildman–Crippen LogP) is 2.52. The summed E-state index contributed by atoms with van der Waals surface area (Å²) in [6.07, 6.45) is 6.57. The zero-order valence-corrected chi connectivity index (χ0v) is 12.3. The third-order valence-corrected chi connectivity index (χ3v) is 4.13. The highest BCUT2D eigenvalue weighted by molar-refractivity contribution is 5.92. The van der Waals surface area contributed by atoms with Crippen LogP contribution in [0.2, 0.25) is 0 Å². The topological polar surface area (TPSA) is 80.9 Å². The Hall–Kier alpha value is -3.02. The Morgan fingerprint density at radius 2 is 2.04 bits per heavy atom. The predicted molar refractivity (Wildman–Crippen MR) is 83.6 cm³/mol. The molecule has 0 spiro atoms. The number of hydrogen-bond donors (Lipinski definition) is 1. The lowest BCUT2D eigenvalue weighted by atomic mass is 10.1. The fraction of sp³-hybridized carbons (Fsp3) is 0.176. The van der Waals surface area contributed by atoms with Crippen molar-refractivity contribution in [3.8, 4) is 16.9 Å². The molecule has 0 saturated carbocycles. The molecule has 6 heteroatoms. The van der Waals surface area contributed by atoms with Gasteiger partial charge in [0.2, 0.25) is 0 Å². The van der Waals surface area contributed by atoms with E-state index in [4.69, 9.17) is 0 Å². The number of pyridine rings is 1. The summed E-state index contributed by atoms with van der Waals surface area (Å²) in [7, 11) is 0. The number of rotatable bonds is 3. The molecule has 2 aromatic heterocycles. The van der Waals surface area contributed by atoms with Crippen LogP contribution >= 0.6 is 0 Å². The molecule has 0 radical (unpaired) electrons. The lowest BCUT2D eigenvalue weighted by Crippen LogP contribution is -2.04. The van der Waals surface area contributed by atoms with Crippen LogP contribution in [0.25, 0.3) is 16.9 Å². The van der Waals surface area contributed by atoms with Gasteiger partial charge in [0.05, 0.1) is 5.69 Å². The largest absolute Gasteiger partial charge is 0.476 e. The molecule has 114 valence electrons. The summed E-state index contributed by atoms with van der Waals surface area (Å²) in [5.41, 5.74) is 4.53. The number of aromatic nitrogens is 4. The Morgan fingerprint density at radius 1 is 1.17 bits per heavy atom. The molecule has 1 aliphatic rings. The molecule has 1 aliphatic carbocycles. The van der Waals surface area contributed by atoms with Gasteiger partial charge in [0.1, 0.15) is 5.69 Å². The van der Waals surface area contributed by atoms with Crippen LogP contribution in [0.5, 0.6) is 0 Å². The van der Waals surface area contributed by atoms with Gasteiger partial charge in [-0.1, -0.05) is 11.3 Å². The second-order valence-electron chi connectivity index (χ2n) is 5.55. The molecule has 0 bridgehead atoms. The van der Waals surface area contributed by atoms with Crippen molar-refractivity contribution in [1.82, 2.24) is 20.0 Å². The SMILES string of the molecule is O=C(O)c1nnn(-c2ccc3c(c2)CCC3)c1-c1cccnc1. The van der Waals surface area contributed by atoms with Gasteiger partial charge in [0, 0.05) is 18.0 Å². The summed E-state index contributed by atoms with van der Waals surface area (Å²) in [6, 6.07) is 9.70. The van der Waals surface area contributed by atoms with E-state index in [-0.39, 0.29) is 5.69 Å². The minimum Gasteiger partial charge on any atom is -0.476 e. The third-order valence-electron chi connectivity index (χ3n) is 4.13. The van der Waals surface area contributed by atoms with E-state index >= 15 is 0 Å². The van der Waals surface area contributed by atoms with Crippen LogP contribution in [0.4, 0.5) is 0 Å². The first kappa shape index (κ1) is 13.6. The number of hydrogen-bond acceptors (Lipinski definition) is 4. The van der Waals surface area contributed by atoms with Gasteiger partial charge in [-0.15, -0.1) is 5.10 Å². The van der Waals surface area contributed by atoms with E-state index in [1.54, 1.807) is 23.1 Å². The van der Waals surface area contributed by atoms with E-state index in [0.717, 1.165) is 24.9 Å². The number of aryl methyl sites for hydroxylation is 2. The molecule has 1 N–H and O–H groups in total. The van der Waals surface area contributed by atoms with Crippen molar-refractivity contribution in [1.29, 1.82) is 0 Å².